The maximum absolute atomic E-state index is 12.1. The van der Waals surface area contributed by atoms with Crippen LogP contribution in [0.15, 0.2) is 28.6 Å². The van der Waals surface area contributed by atoms with Gasteiger partial charge in [0.25, 0.3) is 0 Å². The number of aromatic nitrogens is 2. The van der Waals surface area contributed by atoms with Crippen LogP contribution in [0.4, 0.5) is 0 Å². The van der Waals surface area contributed by atoms with E-state index in [-0.39, 0.29) is 5.78 Å². The number of hydrogen-bond acceptors (Lipinski definition) is 6. The van der Waals surface area contributed by atoms with Gasteiger partial charge in [-0.2, -0.15) is 4.37 Å². The molecule has 0 N–H and O–H groups in total. The minimum Gasteiger partial charge on any atom is -0.494 e. The Morgan fingerprint density at radius 2 is 2.05 bits per heavy atom. The summed E-state index contributed by atoms with van der Waals surface area (Å²) in [6.07, 6.45) is 0.823. The van der Waals surface area contributed by atoms with Crippen molar-refractivity contribution in [2.75, 3.05) is 12.4 Å². The molecule has 0 aliphatic heterocycles. The molecular formula is C14H16N2O2S2. The second-order valence-corrected chi connectivity index (χ2v) is 5.97. The van der Waals surface area contributed by atoms with E-state index in [1.807, 2.05) is 26.0 Å². The third kappa shape index (κ3) is 4.05. The van der Waals surface area contributed by atoms with Crippen LogP contribution in [0.2, 0.25) is 0 Å². The third-order valence-electron chi connectivity index (χ3n) is 2.58. The zero-order valence-electron chi connectivity index (χ0n) is 11.5. The molecule has 0 radical (unpaired) electrons. The van der Waals surface area contributed by atoms with Crippen molar-refractivity contribution >= 4 is 29.1 Å². The highest BCUT2D eigenvalue weighted by Gasteiger charge is 2.09. The maximum atomic E-state index is 12.1. The zero-order chi connectivity index (χ0) is 14.4. The number of benzene rings is 1. The maximum Gasteiger partial charge on any atom is 0.173 e. The van der Waals surface area contributed by atoms with E-state index < -0.39 is 0 Å². The van der Waals surface area contributed by atoms with E-state index in [0.717, 1.165) is 22.3 Å². The molecule has 2 rings (SSSR count). The van der Waals surface area contributed by atoms with Crippen LogP contribution < -0.4 is 4.74 Å². The van der Waals surface area contributed by atoms with E-state index in [1.54, 1.807) is 12.1 Å². The molecule has 1 aromatic heterocycles. The molecule has 106 valence electrons. The first-order valence-electron chi connectivity index (χ1n) is 6.44. The second-order valence-electron chi connectivity index (χ2n) is 4.00. The second kappa shape index (κ2) is 7.40. The first kappa shape index (κ1) is 15.0. The van der Waals surface area contributed by atoms with Crippen LogP contribution in [-0.4, -0.2) is 27.5 Å². The summed E-state index contributed by atoms with van der Waals surface area (Å²) in [5.74, 6) is 2.09. The molecule has 0 aliphatic carbocycles. The van der Waals surface area contributed by atoms with Crippen molar-refractivity contribution in [2.24, 2.45) is 0 Å². The molecular weight excluding hydrogens is 292 g/mol. The predicted octanol–water partition coefficient (Wildman–Crippen LogP) is 3.47. The highest BCUT2D eigenvalue weighted by molar-refractivity contribution is 8.01. The van der Waals surface area contributed by atoms with E-state index in [4.69, 9.17) is 4.74 Å². The molecule has 20 heavy (non-hydrogen) atoms. The summed E-state index contributed by atoms with van der Waals surface area (Å²) in [4.78, 5) is 16.4. The van der Waals surface area contributed by atoms with Gasteiger partial charge in [-0.05, 0) is 42.7 Å². The Kier molecular flexibility index (Phi) is 5.55. The third-order valence-corrected chi connectivity index (χ3v) is 4.45. The Bertz CT molecular complexity index is 567. The normalized spacial score (nSPS) is 10.5. The van der Waals surface area contributed by atoms with Crippen LogP contribution in [-0.2, 0) is 6.42 Å². The molecule has 0 aliphatic rings. The molecule has 6 heteroatoms. The number of hydrogen-bond donors (Lipinski definition) is 0. The van der Waals surface area contributed by atoms with Gasteiger partial charge in [-0.25, -0.2) is 4.98 Å². The van der Waals surface area contributed by atoms with E-state index in [1.165, 1.54) is 23.3 Å². The minimum atomic E-state index is 0.0892. The highest BCUT2D eigenvalue weighted by atomic mass is 32.2. The number of ether oxygens (including phenoxy) is 1. The lowest BCUT2D eigenvalue weighted by Gasteiger charge is -2.03. The Balaban J connectivity index is 1.90. The fraction of sp³-hybridized carbons (Fsp3) is 0.357. The van der Waals surface area contributed by atoms with Crippen molar-refractivity contribution in [3.05, 3.63) is 35.7 Å². The van der Waals surface area contributed by atoms with Crippen molar-refractivity contribution in [1.29, 1.82) is 0 Å². The van der Waals surface area contributed by atoms with Crippen molar-refractivity contribution in [3.63, 3.8) is 0 Å². The standard InChI is InChI=1S/C14H16N2O2S2/c1-3-13-15-14(20-16-13)19-9-12(17)10-5-7-11(8-6-10)18-4-2/h5-8H,3-4,9H2,1-2H3. The van der Waals surface area contributed by atoms with Gasteiger partial charge in [0.15, 0.2) is 10.1 Å². The van der Waals surface area contributed by atoms with Gasteiger partial charge in [0.2, 0.25) is 0 Å². The van der Waals surface area contributed by atoms with Gasteiger partial charge in [-0.3, -0.25) is 4.79 Å². The molecule has 0 saturated carbocycles. The average molecular weight is 308 g/mol. The van der Waals surface area contributed by atoms with Gasteiger partial charge in [0.05, 0.1) is 12.4 Å². The van der Waals surface area contributed by atoms with Crippen molar-refractivity contribution in [2.45, 2.75) is 24.6 Å². The summed E-state index contributed by atoms with van der Waals surface area (Å²) in [6, 6.07) is 7.24. The lowest BCUT2D eigenvalue weighted by Crippen LogP contribution is -2.02. The van der Waals surface area contributed by atoms with E-state index in [0.29, 0.717) is 17.9 Å². The highest BCUT2D eigenvalue weighted by Crippen LogP contribution is 2.22. The lowest BCUT2D eigenvalue weighted by molar-refractivity contribution is 0.102. The predicted molar refractivity (Wildman–Crippen MR) is 82.0 cm³/mol. The average Bonchev–Trinajstić information content (AvgIpc) is 2.94. The van der Waals surface area contributed by atoms with Crippen LogP contribution >= 0.6 is 23.3 Å². The number of thioether (sulfide) groups is 1. The SMILES string of the molecule is CCOc1ccc(C(=O)CSc2nc(CC)ns2)cc1. The molecule has 0 unspecified atom stereocenters. The number of rotatable bonds is 7. The van der Waals surface area contributed by atoms with E-state index in [2.05, 4.69) is 9.36 Å². The molecule has 4 nitrogen and oxygen atoms in total. The van der Waals surface area contributed by atoms with Gasteiger partial charge in [0, 0.05) is 12.0 Å². The van der Waals surface area contributed by atoms with Crippen molar-refractivity contribution in [3.8, 4) is 5.75 Å². The monoisotopic (exact) mass is 308 g/mol. The number of Topliss-reactive ketones (excluding diaryl/α,β-unsaturated/α-hetero) is 1. The number of ketones is 1. The fourth-order valence-electron chi connectivity index (χ4n) is 1.55. The molecule has 0 atom stereocenters. The molecule has 0 amide bonds. The first-order chi connectivity index (χ1) is 9.72. The largest absolute Gasteiger partial charge is 0.494 e. The van der Waals surface area contributed by atoms with Gasteiger partial charge >= 0.3 is 0 Å². The Morgan fingerprint density at radius 1 is 1.30 bits per heavy atom. The summed E-state index contributed by atoms with van der Waals surface area (Å²) in [5.41, 5.74) is 0.696. The molecule has 0 fully saturated rings. The van der Waals surface area contributed by atoms with Gasteiger partial charge in [0.1, 0.15) is 11.6 Å². The van der Waals surface area contributed by atoms with Gasteiger partial charge in [-0.1, -0.05) is 18.7 Å². The topological polar surface area (TPSA) is 52.1 Å². The van der Waals surface area contributed by atoms with Crippen LogP contribution in [0.5, 0.6) is 5.75 Å². The number of carbonyl (C=O) groups excluding carboxylic acids is 1. The zero-order valence-corrected chi connectivity index (χ0v) is 13.1. The molecule has 1 aromatic carbocycles. The van der Waals surface area contributed by atoms with Crippen LogP contribution in [0.25, 0.3) is 0 Å². The van der Waals surface area contributed by atoms with Crippen LogP contribution in [0.3, 0.4) is 0 Å². The van der Waals surface area contributed by atoms with Gasteiger partial charge < -0.3 is 4.74 Å². The Morgan fingerprint density at radius 3 is 2.65 bits per heavy atom. The first-order valence-corrected chi connectivity index (χ1v) is 8.20. The summed E-state index contributed by atoms with van der Waals surface area (Å²) in [5, 5.41) is 0. The number of carbonyl (C=O) groups is 1. The van der Waals surface area contributed by atoms with E-state index in [9.17, 15) is 4.79 Å². The minimum absolute atomic E-state index is 0.0892. The summed E-state index contributed by atoms with van der Waals surface area (Å²) in [7, 11) is 0. The van der Waals surface area contributed by atoms with Crippen LogP contribution in [0, 0.1) is 0 Å². The molecule has 1 heterocycles. The lowest BCUT2D eigenvalue weighted by atomic mass is 10.1. The Hall–Kier alpha value is -1.40. The quantitative estimate of drug-likeness (QED) is 0.579. The summed E-state index contributed by atoms with van der Waals surface area (Å²) < 4.78 is 10.4. The molecule has 0 saturated heterocycles. The van der Waals surface area contributed by atoms with Gasteiger partial charge in [-0.15, -0.1) is 0 Å². The molecule has 0 spiro atoms. The Labute approximate surface area is 126 Å². The smallest absolute Gasteiger partial charge is 0.173 e. The van der Waals surface area contributed by atoms with E-state index >= 15 is 0 Å². The molecule has 2 aromatic rings. The van der Waals surface area contributed by atoms with Crippen molar-refractivity contribution in [1.82, 2.24) is 9.36 Å². The molecule has 0 bridgehead atoms. The van der Waals surface area contributed by atoms with Crippen LogP contribution in [0.1, 0.15) is 30.0 Å². The fourth-order valence-corrected chi connectivity index (χ4v) is 3.14. The summed E-state index contributed by atoms with van der Waals surface area (Å²) in [6.45, 7) is 4.57. The summed E-state index contributed by atoms with van der Waals surface area (Å²) >= 11 is 2.79. The number of nitrogens with zero attached hydrogens (tertiary/aromatic N) is 2. The number of aryl methyl sites for hydroxylation is 1. The van der Waals surface area contributed by atoms with Crippen molar-refractivity contribution < 1.29 is 9.53 Å².